The van der Waals surface area contributed by atoms with Crippen LogP contribution in [0.5, 0.6) is 11.5 Å². The van der Waals surface area contributed by atoms with Crippen LogP contribution in [0.2, 0.25) is 5.02 Å². The number of carbonyl (C=O) groups excluding carboxylic acids is 3. The smallest absolute Gasteiger partial charge is 0.251 e. The third-order valence-electron chi connectivity index (χ3n) is 15.0. The van der Waals surface area contributed by atoms with Gasteiger partial charge in [-0.25, -0.2) is 4.98 Å². The lowest BCUT2D eigenvalue weighted by molar-refractivity contribution is -0.164. The molecule has 0 spiro atoms. The zero-order valence-corrected chi connectivity index (χ0v) is 44.5. The summed E-state index contributed by atoms with van der Waals surface area (Å²) >= 11 is 7.84. The van der Waals surface area contributed by atoms with Crippen molar-refractivity contribution in [1.82, 2.24) is 25.8 Å². The average molecular weight is 1030 g/mol. The first-order valence-corrected chi connectivity index (χ1v) is 27.0. The topological polar surface area (TPSA) is 176 Å². The van der Waals surface area contributed by atoms with Crippen LogP contribution in [-0.4, -0.2) is 105 Å². The van der Waals surface area contributed by atoms with Crippen LogP contribution in [0.15, 0.2) is 84.2 Å². The number of ether oxygens (including phenoxy) is 4. The maximum absolute atomic E-state index is 14.3. The molecule has 3 amide bonds. The predicted octanol–water partition coefficient (Wildman–Crippen LogP) is 9.96. The molecule has 4 aromatic carbocycles. The van der Waals surface area contributed by atoms with Gasteiger partial charge < -0.3 is 45.1 Å². The zero-order valence-electron chi connectivity index (χ0n) is 42.9. The summed E-state index contributed by atoms with van der Waals surface area (Å²) in [5.74, 6) is 1.22. The Labute approximate surface area is 438 Å². The normalized spacial score (nSPS) is 20.1. The van der Waals surface area contributed by atoms with Gasteiger partial charge in [0.2, 0.25) is 11.8 Å². The molecule has 2 saturated carbocycles. The Morgan fingerprint density at radius 1 is 0.877 bits per heavy atom. The highest BCUT2D eigenvalue weighted by Gasteiger charge is 2.64. The fourth-order valence-electron chi connectivity index (χ4n) is 11.3. The van der Waals surface area contributed by atoms with E-state index in [1.54, 1.807) is 36.6 Å². The Kier molecular flexibility index (Phi) is 17.6. The Hall–Kier alpha value is -5.76. The number of nitriles is 1. The third kappa shape index (κ3) is 12.3. The monoisotopic (exact) mass is 1030 g/mol. The lowest BCUT2D eigenvalue weighted by atomic mass is 9.49. The molecule has 4 N–H and O–H groups in total. The van der Waals surface area contributed by atoms with Crippen LogP contribution >= 0.6 is 22.9 Å². The minimum Gasteiger partial charge on any atom is -0.491 e. The zero-order chi connectivity index (χ0) is 51.7. The van der Waals surface area contributed by atoms with Crippen molar-refractivity contribution in [3.8, 4) is 28.8 Å². The first kappa shape index (κ1) is 53.5. The van der Waals surface area contributed by atoms with E-state index in [9.17, 15) is 19.6 Å². The van der Waals surface area contributed by atoms with E-state index in [0.29, 0.717) is 68.0 Å². The molecule has 2 aliphatic carbocycles. The Balaban J connectivity index is 0.750. The summed E-state index contributed by atoms with van der Waals surface area (Å²) in [5, 5.41) is 27.4. The minimum absolute atomic E-state index is 0.0127. The third-order valence-corrected chi connectivity index (χ3v) is 16.3. The van der Waals surface area contributed by atoms with Crippen molar-refractivity contribution in [2.75, 3.05) is 58.5 Å². The van der Waals surface area contributed by atoms with E-state index in [4.69, 9.17) is 35.5 Å². The average Bonchev–Trinajstić information content (AvgIpc) is 4.10. The largest absolute Gasteiger partial charge is 0.491 e. The first-order valence-electron chi connectivity index (χ1n) is 25.8. The van der Waals surface area contributed by atoms with E-state index in [2.05, 4.69) is 78.6 Å². The highest BCUT2D eigenvalue weighted by atomic mass is 35.5. The molecule has 8 rings (SSSR count). The summed E-state index contributed by atoms with van der Waals surface area (Å²) in [6.45, 7) is 13.5. The molecule has 3 aliphatic rings. The molecule has 1 aliphatic heterocycles. The fraction of sp³-hybridized carbons (Fsp3) is 0.491. The van der Waals surface area contributed by atoms with Gasteiger partial charge in [0.15, 0.2) is 0 Å². The molecule has 1 saturated heterocycles. The molecule has 14 nitrogen and oxygen atoms in total. The van der Waals surface area contributed by atoms with Crippen molar-refractivity contribution < 1.29 is 33.3 Å². The Bertz CT molecular complexity index is 2740. The summed E-state index contributed by atoms with van der Waals surface area (Å²) in [7, 11) is 1.76. The number of thiazole rings is 1. The van der Waals surface area contributed by atoms with Crippen LogP contribution < -0.4 is 30.7 Å². The van der Waals surface area contributed by atoms with Crippen LogP contribution in [0, 0.1) is 28.1 Å². The number of rotatable bonds is 22. The van der Waals surface area contributed by atoms with Crippen LogP contribution in [0.1, 0.15) is 107 Å². The molecule has 3 fully saturated rings. The second-order valence-corrected chi connectivity index (χ2v) is 22.0. The maximum Gasteiger partial charge on any atom is 0.251 e. The number of hydrogen-bond donors (Lipinski definition) is 4. The number of halogens is 1. The predicted molar refractivity (Wildman–Crippen MR) is 287 cm³/mol. The first-order chi connectivity index (χ1) is 35.2. The summed E-state index contributed by atoms with van der Waals surface area (Å²) in [6.07, 6.45) is 6.78. The summed E-state index contributed by atoms with van der Waals surface area (Å²) < 4.78 is 24.3. The molecular weight excluding hydrogens is 962 g/mol. The van der Waals surface area contributed by atoms with Crippen molar-refractivity contribution in [2.45, 2.75) is 110 Å². The Morgan fingerprint density at radius 3 is 2.30 bits per heavy atom. The number of carbonyl (C=O) groups is 3. The summed E-state index contributed by atoms with van der Waals surface area (Å²) in [6, 6.07) is 25.6. The highest BCUT2D eigenvalue weighted by Crippen LogP contribution is 2.55. The number of anilines is 1. The molecule has 73 heavy (non-hydrogen) atoms. The lowest BCUT2D eigenvalue weighted by Gasteiger charge is -2.63. The molecule has 1 unspecified atom stereocenters. The van der Waals surface area contributed by atoms with E-state index in [1.165, 1.54) is 6.42 Å². The lowest BCUT2D eigenvalue weighted by Crippen LogP contribution is -2.74. The number of hydrogen-bond acceptors (Lipinski definition) is 12. The van der Waals surface area contributed by atoms with Gasteiger partial charge in [-0.3, -0.25) is 14.4 Å². The van der Waals surface area contributed by atoms with Crippen molar-refractivity contribution in [3.05, 3.63) is 105 Å². The standard InChI is InChI=1S/C57H70ClN7O7S/c1-36(60-6)50(66)63-49(37-13-8-7-9-14-37)53(68)65-27-12-17-47(65)52-62-46(35-73-52)43-24-25-48(44-16-11-10-15-42(43)44)71-32-31-70-30-29-69-28-26-61-40-21-18-38(19-22-40)51(67)64-54-56(2,3)55(57(54,4)5)72-41-23-20-39(34-59)45(58)33-41/h10-11,15-16,18-25,33,35-37,47,49,54-55,60-61H,7-9,12-14,17,26-32H2,1-6H3,(H,63,66)(H,64,67)/t36-,47-,49?,54-,55-/m0/s1. The highest BCUT2D eigenvalue weighted by molar-refractivity contribution is 7.10. The van der Waals surface area contributed by atoms with E-state index in [1.807, 2.05) is 54.3 Å². The van der Waals surface area contributed by atoms with E-state index in [0.717, 1.165) is 77.0 Å². The van der Waals surface area contributed by atoms with Gasteiger partial charge in [-0.2, -0.15) is 5.26 Å². The molecule has 16 heteroatoms. The van der Waals surface area contributed by atoms with Crippen LogP contribution in [0.25, 0.3) is 22.0 Å². The number of likely N-dealkylation sites (tertiary alicyclic amines) is 1. The summed E-state index contributed by atoms with van der Waals surface area (Å²) in [4.78, 5) is 47.9. The maximum atomic E-state index is 14.3. The second kappa shape index (κ2) is 24.1. The SMILES string of the molecule is CN[C@@H](C)C(=O)NC(C(=O)N1CCC[C@H]1c1nc(-c2ccc(OCCOCCOCCNc3ccc(C(=O)N[C@H]4C(C)(C)[C@H](Oc5ccc(C#N)c(Cl)c5)C4(C)C)cc3)c3ccccc23)cs1)C1CCCCC1. The van der Waals surface area contributed by atoms with Crippen LogP contribution in [0.4, 0.5) is 5.69 Å². The fourth-order valence-corrected chi connectivity index (χ4v) is 12.4. The molecule has 388 valence electrons. The number of likely N-dealkylation sites (N-methyl/N-ethyl adjacent to an activating group) is 1. The van der Waals surface area contributed by atoms with Crippen molar-refractivity contribution in [1.29, 1.82) is 5.26 Å². The number of nitrogens with one attached hydrogen (secondary N) is 4. The van der Waals surface area contributed by atoms with E-state index < -0.39 is 6.04 Å². The molecule has 0 bridgehead atoms. The number of fused-ring (bicyclic) bond motifs is 1. The molecule has 2 heterocycles. The number of nitrogens with zero attached hydrogens (tertiary/aromatic N) is 3. The van der Waals surface area contributed by atoms with Gasteiger partial charge in [-0.15, -0.1) is 11.3 Å². The number of amides is 3. The van der Waals surface area contributed by atoms with Gasteiger partial charge in [0.25, 0.3) is 5.91 Å². The van der Waals surface area contributed by atoms with Crippen LogP contribution in [-0.2, 0) is 19.1 Å². The van der Waals surface area contributed by atoms with E-state index >= 15 is 0 Å². The molecular formula is C57H70ClN7O7S. The van der Waals surface area contributed by atoms with Gasteiger partial charge in [0, 0.05) is 63.6 Å². The van der Waals surface area contributed by atoms with E-state index in [-0.39, 0.29) is 58.7 Å². The Morgan fingerprint density at radius 2 is 1.59 bits per heavy atom. The molecule has 3 atom stereocenters. The van der Waals surface area contributed by atoms with Crippen LogP contribution in [0.3, 0.4) is 0 Å². The summed E-state index contributed by atoms with van der Waals surface area (Å²) in [5.41, 5.74) is 3.00. The van der Waals surface area contributed by atoms with Gasteiger partial charge in [0.1, 0.15) is 41.3 Å². The molecule has 1 aromatic heterocycles. The molecule has 5 aromatic rings. The van der Waals surface area contributed by atoms with Gasteiger partial charge in [0.05, 0.1) is 54.8 Å². The van der Waals surface area contributed by atoms with Gasteiger partial charge in [-0.05, 0) is 99.5 Å². The number of benzene rings is 4. The van der Waals surface area contributed by atoms with Crippen molar-refractivity contribution in [2.24, 2.45) is 16.7 Å². The molecule has 0 radical (unpaired) electrons. The number of aromatic nitrogens is 1. The van der Waals surface area contributed by atoms with Crippen molar-refractivity contribution >= 4 is 57.1 Å². The van der Waals surface area contributed by atoms with Crippen molar-refractivity contribution in [3.63, 3.8) is 0 Å². The second-order valence-electron chi connectivity index (χ2n) is 20.7. The van der Waals surface area contributed by atoms with Gasteiger partial charge >= 0.3 is 0 Å². The van der Waals surface area contributed by atoms with Gasteiger partial charge in [-0.1, -0.05) is 82.8 Å². The quantitative estimate of drug-likeness (QED) is 0.0486. The minimum atomic E-state index is -0.531.